The highest BCUT2D eigenvalue weighted by Crippen LogP contribution is 2.77. The summed E-state index contributed by atoms with van der Waals surface area (Å²) >= 11 is 0. The van der Waals surface area contributed by atoms with E-state index in [0.29, 0.717) is 36.1 Å². The molecule has 0 aromatic carbocycles. The predicted molar refractivity (Wildman–Crippen MR) is 171 cm³/mol. The Morgan fingerprint density at radius 2 is 1.70 bits per heavy atom. The molecular formula is C38H56N2O3. The van der Waals surface area contributed by atoms with Crippen LogP contribution in [-0.4, -0.2) is 23.0 Å². The van der Waals surface area contributed by atoms with Crippen molar-refractivity contribution in [2.75, 3.05) is 0 Å². The van der Waals surface area contributed by atoms with Crippen LogP contribution in [-0.2, 0) is 20.9 Å². The van der Waals surface area contributed by atoms with Gasteiger partial charge in [-0.15, -0.1) is 0 Å². The number of hydrogen-bond acceptors (Lipinski definition) is 4. The number of allylic oxidation sites excluding steroid dienone is 1. The highest BCUT2D eigenvalue weighted by Gasteiger charge is 2.72. The number of aromatic nitrogens is 1. The monoisotopic (exact) mass is 588 g/mol. The van der Waals surface area contributed by atoms with Crippen molar-refractivity contribution in [3.05, 3.63) is 42.2 Å². The van der Waals surface area contributed by atoms with E-state index >= 15 is 0 Å². The second kappa shape index (κ2) is 10.4. The number of carbonyl (C=O) groups is 2. The van der Waals surface area contributed by atoms with Crippen LogP contribution in [0.25, 0.3) is 0 Å². The summed E-state index contributed by atoms with van der Waals surface area (Å²) in [5.74, 6) is 2.62. The SMILES string of the molecule is C=C(C)[C@@H]1CC[C@]2(C(=O)NCc3cccnc3)CC[C@]3(C)[C@H](CC[C@@H]4[C@@]5(C)CC[C@H](OC(C)=O)C(C)(C)[C@@H]5CC[C@]43C)[C@@H]12. The van der Waals surface area contributed by atoms with Gasteiger partial charge in [0.1, 0.15) is 6.10 Å². The average Bonchev–Trinajstić information content (AvgIpc) is 3.35. The number of rotatable bonds is 5. The molecule has 236 valence electrons. The number of pyridine rings is 1. The third-order valence-corrected chi connectivity index (χ3v) is 14.9. The Hall–Kier alpha value is -2.17. The normalized spacial score (nSPS) is 44.6. The Bertz CT molecular complexity index is 1270. The van der Waals surface area contributed by atoms with Crippen molar-refractivity contribution in [3.63, 3.8) is 0 Å². The van der Waals surface area contributed by atoms with Gasteiger partial charge in [0.2, 0.25) is 5.91 Å². The van der Waals surface area contributed by atoms with Gasteiger partial charge in [-0.25, -0.2) is 0 Å². The molecule has 0 bridgehead atoms. The largest absolute Gasteiger partial charge is 0.462 e. The molecule has 0 saturated heterocycles. The van der Waals surface area contributed by atoms with E-state index in [0.717, 1.165) is 44.1 Å². The molecule has 1 amide bonds. The molecule has 0 unspecified atom stereocenters. The van der Waals surface area contributed by atoms with Gasteiger partial charge >= 0.3 is 5.97 Å². The molecule has 0 spiro atoms. The molecular weight excluding hydrogens is 532 g/mol. The Morgan fingerprint density at radius 3 is 2.37 bits per heavy atom. The van der Waals surface area contributed by atoms with E-state index in [-0.39, 0.29) is 45.1 Å². The van der Waals surface area contributed by atoms with Crippen LogP contribution in [0.3, 0.4) is 0 Å². The molecule has 1 aromatic rings. The lowest BCUT2D eigenvalue weighted by Crippen LogP contribution is -2.67. The molecule has 5 aliphatic carbocycles. The van der Waals surface area contributed by atoms with Crippen LogP contribution in [0, 0.1) is 56.7 Å². The van der Waals surface area contributed by atoms with Gasteiger partial charge in [-0.05, 0) is 129 Å². The van der Waals surface area contributed by atoms with Crippen molar-refractivity contribution in [3.8, 4) is 0 Å². The number of hydrogen-bond donors (Lipinski definition) is 1. The number of fused-ring (bicyclic) bond motifs is 7. The summed E-state index contributed by atoms with van der Waals surface area (Å²) in [4.78, 5) is 30.6. The maximum atomic E-state index is 14.3. The molecule has 5 nitrogen and oxygen atoms in total. The van der Waals surface area contributed by atoms with E-state index in [4.69, 9.17) is 4.74 Å². The zero-order valence-electron chi connectivity index (χ0n) is 27.9. The van der Waals surface area contributed by atoms with Gasteiger partial charge in [-0.1, -0.05) is 52.8 Å². The number of ether oxygens (including phenoxy) is 1. The summed E-state index contributed by atoms with van der Waals surface area (Å²) in [6.45, 7) is 21.4. The summed E-state index contributed by atoms with van der Waals surface area (Å²) < 4.78 is 5.94. The minimum atomic E-state index is -0.301. The van der Waals surface area contributed by atoms with E-state index in [1.807, 2.05) is 18.3 Å². The first-order valence-electron chi connectivity index (χ1n) is 17.2. The van der Waals surface area contributed by atoms with Gasteiger partial charge in [0.05, 0.1) is 5.41 Å². The fraction of sp³-hybridized carbons (Fsp3) is 0.763. The molecule has 5 fully saturated rings. The minimum Gasteiger partial charge on any atom is -0.462 e. The molecule has 6 rings (SSSR count). The number of carbonyl (C=O) groups excluding carboxylic acids is 2. The fourth-order valence-corrected chi connectivity index (χ4v) is 12.8. The maximum absolute atomic E-state index is 14.3. The second-order valence-electron chi connectivity index (χ2n) is 16.8. The van der Waals surface area contributed by atoms with E-state index in [1.54, 1.807) is 13.1 Å². The molecule has 10 atom stereocenters. The lowest BCUT2D eigenvalue weighted by atomic mass is 9.32. The van der Waals surface area contributed by atoms with Crippen molar-refractivity contribution in [2.45, 2.75) is 125 Å². The fourth-order valence-electron chi connectivity index (χ4n) is 12.8. The summed E-state index contributed by atoms with van der Waals surface area (Å²) in [6, 6.07) is 3.99. The van der Waals surface area contributed by atoms with Crippen LogP contribution in [0.5, 0.6) is 0 Å². The molecule has 5 saturated carbocycles. The van der Waals surface area contributed by atoms with Gasteiger partial charge in [-0.3, -0.25) is 14.6 Å². The highest BCUT2D eigenvalue weighted by atomic mass is 16.5. The molecule has 1 N–H and O–H groups in total. The van der Waals surface area contributed by atoms with Gasteiger partial charge < -0.3 is 10.1 Å². The predicted octanol–water partition coefficient (Wildman–Crippen LogP) is 8.29. The quantitative estimate of drug-likeness (QED) is 0.278. The van der Waals surface area contributed by atoms with Gasteiger partial charge in [-0.2, -0.15) is 0 Å². The van der Waals surface area contributed by atoms with Crippen LogP contribution in [0.1, 0.15) is 118 Å². The maximum Gasteiger partial charge on any atom is 0.302 e. The Morgan fingerprint density at radius 1 is 0.930 bits per heavy atom. The van der Waals surface area contributed by atoms with Crippen molar-refractivity contribution in [1.82, 2.24) is 10.3 Å². The smallest absolute Gasteiger partial charge is 0.302 e. The Balaban J connectivity index is 1.31. The third-order valence-electron chi connectivity index (χ3n) is 14.9. The first kappa shape index (κ1) is 30.8. The topological polar surface area (TPSA) is 68.3 Å². The highest BCUT2D eigenvalue weighted by molar-refractivity contribution is 5.84. The standard InChI is InChI=1S/C38H56N2O3/c1-24(2)27-13-18-38(33(42)40-23-26-10-9-21-39-22-26)20-19-36(7)28(32(27)38)11-12-30-35(6)16-15-31(43-25(3)41)34(4,5)29(35)14-17-37(30,36)8/h9-10,21-22,27-32H,1,11-20,23H2,2-8H3,(H,40,42)/t27-,28+,29-,30+,31-,32+,35-,36+,37+,38-/m0/s1. The summed E-state index contributed by atoms with van der Waals surface area (Å²) in [5.41, 5.74) is 2.66. The molecule has 0 aliphatic heterocycles. The Kier molecular flexibility index (Phi) is 7.49. The average molecular weight is 589 g/mol. The number of nitrogens with one attached hydrogen (secondary N) is 1. The van der Waals surface area contributed by atoms with Gasteiger partial charge in [0.15, 0.2) is 0 Å². The molecule has 0 radical (unpaired) electrons. The van der Waals surface area contributed by atoms with Crippen molar-refractivity contribution in [2.24, 2.45) is 56.7 Å². The van der Waals surface area contributed by atoms with Crippen LogP contribution in [0.15, 0.2) is 36.7 Å². The lowest BCUT2D eigenvalue weighted by molar-refractivity contribution is -0.248. The minimum absolute atomic E-state index is 0.00893. The summed E-state index contributed by atoms with van der Waals surface area (Å²) in [5, 5.41) is 3.39. The van der Waals surface area contributed by atoms with Crippen molar-refractivity contribution < 1.29 is 14.3 Å². The molecule has 5 heteroatoms. The van der Waals surface area contributed by atoms with Gasteiger partial charge in [0, 0.05) is 31.3 Å². The van der Waals surface area contributed by atoms with E-state index < -0.39 is 0 Å². The van der Waals surface area contributed by atoms with E-state index in [9.17, 15) is 9.59 Å². The zero-order valence-corrected chi connectivity index (χ0v) is 27.9. The van der Waals surface area contributed by atoms with Crippen LogP contribution in [0.4, 0.5) is 0 Å². The van der Waals surface area contributed by atoms with Gasteiger partial charge in [0.25, 0.3) is 0 Å². The first-order chi connectivity index (χ1) is 20.2. The third kappa shape index (κ3) is 4.40. The van der Waals surface area contributed by atoms with E-state index in [2.05, 4.69) is 58.4 Å². The summed E-state index contributed by atoms with van der Waals surface area (Å²) in [7, 11) is 0. The van der Waals surface area contributed by atoms with Crippen LogP contribution >= 0.6 is 0 Å². The molecule has 43 heavy (non-hydrogen) atoms. The summed E-state index contributed by atoms with van der Waals surface area (Å²) in [6.07, 6.45) is 14.8. The second-order valence-corrected chi connectivity index (χ2v) is 16.8. The molecule has 5 aliphatic rings. The molecule has 1 heterocycles. The van der Waals surface area contributed by atoms with Crippen LogP contribution < -0.4 is 5.32 Å². The number of nitrogens with zero attached hydrogens (tertiary/aromatic N) is 1. The zero-order chi connectivity index (χ0) is 31.0. The number of amides is 1. The van der Waals surface area contributed by atoms with Crippen molar-refractivity contribution in [1.29, 1.82) is 0 Å². The number of esters is 1. The first-order valence-corrected chi connectivity index (χ1v) is 17.2. The lowest BCUT2D eigenvalue weighted by Gasteiger charge is -2.72. The van der Waals surface area contributed by atoms with Crippen LogP contribution in [0.2, 0.25) is 0 Å². The molecule has 1 aromatic heterocycles. The van der Waals surface area contributed by atoms with Crippen molar-refractivity contribution >= 4 is 11.9 Å². The van der Waals surface area contributed by atoms with E-state index in [1.165, 1.54) is 31.3 Å². The Labute approximate surface area is 260 Å².